The smallest absolute Gasteiger partial charge is 0.229 e. The summed E-state index contributed by atoms with van der Waals surface area (Å²) in [6, 6.07) is 9.57. The summed E-state index contributed by atoms with van der Waals surface area (Å²) in [5.41, 5.74) is 0.905. The lowest BCUT2D eigenvalue weighted by molar-refractivity contribution is -0.126. The molecule has 1 aliphatic rings. The van der Waals surface area contributed by atoms with E-state index >= 15 is 0 Å². The fourth-order valence-electron chi connectivity index (χ4n) is 3.08. The second kappa shape index (κ2) is 7.97. The molecule has 0 aromatic heterocycles. The summed E-state index contributed by atoms with van der Waals surface area (Å²) in [5.74, 6) is 0.270. The number of benzene rings is 1. The third-order valence-corrected chi connectivity index (χ3v) is 4.18. The number of hydrogen-bond donors (Lipinski definition) is 1. The fraction of sp³-hybridized carbons (Fsp3) is 0.556. The minimum Gasteiger partial charge on any atom is -0.351 e. The summed E-state index contributed by atoms with van der Waals surface area (Å²) in [4.78, 5) is 26.3. The molecule has 0 spiro atoms. The summed E-state index contributed by atoms with van der Waals surface area (Å²) < 4.78 is 0. The van der Waals surface area contributed by atoms with Crippen LogP contribution >= 0.6 is 0 Å². The van der Waals surface area contributed by atoms with E-state index in [0.717, 1.165) is 31.4 Å². The number of nitrogens with zero attached hydrogens (tertiary/aromatic N) is 1. The molecule has 2 amide bonds. The van der Waals surface area contributed by atoms with Crippen LogP contribution in [0.2, 0.25) is 0 Å². The molecule has 1 saturated heterocycles. The molecule has 1 aromatic rings. The third kappa shape index (κ3) is 4.09. The minimum atomic E-state index is -0.0728. The molecule has 120 valence electrons. The van der Waals surface area contributed by atoms with Gasteiger partial charge in [-0.2, -0.15) is 0 Å². The van der Waals surface area contributed by atoms with E-state index < -0.39 is 0 Å². The third-order valence-electron chi connectivity index (χ3n) is 4.18. The van der Waals surface area contributed by atoms with Crippen LogP contribution in [0.15, 0.2) is 30.3 Å². The number of para-hydroxylation sites is 1. The highest BCUT2D eigenvalue weighted by atomic mass is 16.2. The van der Waals surface area contributed by atoms with E-state index in [-0.39, 0.29) is 23.8 Å². The van der Waals surface area contributed by atoms with E-state index in [1.165, 1.54) is 0 Å². The van der Waals surface area contributed by atoms with Crippen molar-refractivity contribution in [3.63, 3.8) is 0 Å². The van der Waals surface area contributed by atoms with E-state index in [9.17, 15) is 9.59 Å². The quantitative estimate of drug-likeness (QED) is 0.841. The Morgan fingerprint density at radius 3 is 2.45 bits per heavy atom. The Kier molecular flexibility index (Phi) is 5.99. The van der Waals surface area contributed by atoms with Gasteiger partial charge in [-0.05, 0) is 25.0 Å². The van der Waals surface area contributed by atoms with Crippen molar-refractivity contribution in [1.29, 1.82) is 0 Å². The summed E-state index contributed by atoms with van der Waals surface area (Å²) in [6.45, 7) is 4.78. The lowest BCUT2D eigenvalue weighted by atomic mass is 9.97. The van der Waals surface area contributed by atoms with Gasteiger partial charge in [0.15, 0.2) is 0 Å². The number of rotatable bonds is 7. The molecular formula is C18H26N2O2. The summed E-state index contributed by atoms with van der Waals surface area (Å²) in [5, 5.41) is 3.08. The Morgan fingerprint density at radius 2 is 1.86 bits per heavy atom. The van der Waals surface area contributed by atoms with Crippen molar-refractivity contribution in [3.05, 3.63) is 30.3 Å². The zero-order valence-corrected chi connectivity index (χ0v) is 13.5. The Hall–Kier alpha value is -1.84. The Labute approximate surface area is 132 Å². The first-order valence-electron chi connectivity index (χ1n) is 8.31. The predicted octanol–water partition coefficient (Wildman–Crippen LogP) is 3.12. The summed E-state index contributed by atoms with van der Waals surface area (Å²) >= 11 is 0. The first-order valence-corrected chi connectivity index (χ1v) is 8.31. The van der Waals surface area contributed by atoms with Gasteiger partial charge in [-0.1, -0.05) is 44.9 Å². The monoisotopic (exact) mass is 302 g/mol. The lowest BCUT2D eigenvalue weighted by Gasteiger charge is -2.20. The Balaban J connectivity index is 1.94. The van der Waals surface area contributed by atoms with Crippen LogP contribution in [0.25, 0.3) is 0 Å². The largest absolute Gasteiger partial charge is 0.351 e. The summed E-state index contributed by atoms with van der Waals surface area (Å²) in [7, 11) is 0. The van der Waals surface area contributed by atoms with Crippen molar-refractivity contribution >= 4 is 17.5 Å². The van der Waals surface area contributed by atoms with Crippen molar-refractivity contribution in [2.24, 2.45) is 5.92 Å². The zero-order valence-electron chi connectivity index (χ0n) is 13.5. The van der Waals surface area contributed by atoms with Crippen molar-refractivity contribution in [2.75, 3.05) is 11.4 Å². The van der Waals surface area contributed by atoms with Crippen molar-refractivity contribution in [3.8, 4) is 0 Å². The van der Waals surface area contributed by atoms with Crippen LogP contribution in [0.1, 0.15) is 46.0 Å². The van der Waals surface area contributed by atoms with Gasteiger partial charge in [-0.25, -0.2) is 0 Å². The van der Waals surface area contributed by atoms with Crippen LogP contribution in [0.4, 0.5) is 5.69 Å². The molecule has 1 aromatic carbocycles. The van der Waals surface area contributed by atoms with Crippen LogP contribution in [-0.2, 0) is 9.59 Å². The Bertz CT molecular complexity index is 495. The molecule has 22 heavy (non-hydrogen) atoms. The van der Waals surface area contributed by atoms with Crippen LogP contribution in [0.3, 0.4) is 0 Å². The highest BCUT2D eigenvalue weighted by molar-refractivity contribution is 5.96. The molecule has 0 saturated carbocycles. The SMILES string of the molecule is CCCC(CCC)C(=O)NC1CC(=O)N(c2ccccc2)C1. The van der Waals surface area contributed by atoms with Gasteiger partial charge in [0, 0.05) is 24.6 Å². The van der Waals surface area contributed by atoms with Crippen molar-refractivity contribution in [2.45, 2.75) is 52.0 Å². The highest BCUT2D eigenvalue weighted by Crippen LogP contribution is 2.22. The first-order chi connectivity index (χ1) is 10.7. The van der Waals surface area contributed by atoms with Crippen LogP contribution < -0.4 is 10.2 Å². The van der Waals surface area contributed by atoms with Crippen LogP contribution in [0, 0.1) is 5.92 Å². The number of hydrogen-bond acceptors (Lipinski definition) is 2. The van der Waals surface area contributed by atoms with E-state index in [2.05, 4.69) is 19.2 Å². The maximum Gasteiger partial charge on any atom is 0.229 e. The molecule has 1 atom stereocenters. The fourth-order valence-corrected chi connectivity index (χ4v) is 3.08. The van der Waals surface area contributed by atoms with Gasteiger partial charge in [0.05, 0.1) is 6.04 Å². The normalized spacial score (nSPS) is 18.0. The number of carbonyl (C=O) groups is 2. The zero-order chi connectivity index (χ0) is 15.9. The van der Waals surface area contributed by atoms with Gasteiger partial charge in [-0.3, -0.25) is 9.59 Å². The van der Waals surface area contributed by atoms with E-state index in [1.807, 2.05) is 30.3 Å². The highest BCUT2D eigenvalue weighted by Gasteiger charge is 2.32. The molecule has 2 rings (SSSR count). The number of anilines is 1. The van der Waals surface area contributed by atoms with Gasteiger partial charge >= 0.3 is 0 Å². The Morgan fingerprint density at radius 1 is 1.23 bits per heavy atom. The average molecular weight is 302 g/mol. The molecule has 0 bridgehead atoms. The molecule has 1 aliphatic heterocycles. The molecule has 0 aliphatic carbocycles. The second-order valence-electron chi connectivity index (χ2n) is 6.02. The maximum absolute atomic E-state index is 12.4. The average Bonchev–Trinajstić information content (AvgIpc) is 2.88. The molecule has 4 nitrogen and oxygen atoms in total. The first kappa shape index (κ1) is 16.5. The van der Waals surface area contributed by atoms with Gasteiger partial charge in [0.2, 0.25) is 11.8 Å². The van der Waals surface area contributed by atoms with E-state index in [1.54, 1.807) is 4.90 Å². The van der Waals surface area contributed by atoms with Gasteiger partial charge in [0.25, 0.3) is 0 Å². The standard InChI is InChI=1S/C18H26N2O2/c1-3-8-14(9-4-2)18(22)19-15-12-17(21)20(13-15)16-10-6-5-7-11-16/h5-7,10-11,14-15H,3-4,8-9,12-13H2,1-2H3,(H,19,22). The minimum absolute atomic E-state index is 0.0728. The molecular weight excluding hydrogens is 276 g/mol. The molecule has 1 unspecified atom stereocenters. The van der Waals surface area contributed by atoms with E-state index in [4.69, 9.17) is 0 Å². The molecule has 1 N–H and O–H groups in total. The number of amides is 2. The summed E-state index contributed by atoms with van der Waals surface area (Å²) in [6.07, 6.45) is 4.26. The molecule has 1 heterocycles. The molecule has 0 radical (unpaired) electrons. The second-order valence-corrected chi connectivity index (χ2v) is 6.02. The number of nitrogens with one attached hydrogen (secondary N) is 1. The van der Waals surface area contributed by atoms with Crippen molar-refractivity contribution < 1.29 is 9.59 Å². The predicted molar refractivity (Wildman–Crippen MR) is 88.6 cm³/mol. The topological polar surface area (TPSA) is 49.4 Å². The van der Waals surface area contributed by atoms with Crippen molar-refractivity contribution in [1.82, 2.24) is 5.32 Å². The van der Waals surface area contributed by atoms with E-state index in [0.29, 0.717) is 13.0 Å². The molecule has 4 heteroatoms. The lowest BCUT2D eigenvalue weighted by Crippen LogP contribution is -2.40. The van der Waals surface area contributed by atoms with Crippen LogP contribution in [0.5, 0.6) is 0 Å². The van der Waals surface area contributed by atoms with Gasteiger partial charge in [0.1, 0.15) is 0 Å². The van der Waals surface area contributed by atoms with Crippen LogP contribution in [-0.4, -0.2) is 24.4 Å². The van der Waals surface area contributed by atoms with Gasteiger partial charge < -0.3 is 10.2 Å². The maximum atomic E-state index is 12.4. The molecule has 1 fully saturated rings. The van der Waals surface area contributed by atoms with Gasteiger partial charge in [-0.15, -0.1) is 0 Å². The number of carbonyl (C=O) groups excluding carboxylic acids is 2.